The first kappa shape index (κ1) is 10.1. The van der Waals surface area contributed by atoms with Crippen molar-refractivity contribution in [3.8, 4) is 0 Å². The molecule has 0 bridgehead atoms. The quantitative estimate of drug-likeness (QED) is 0.664. The lowest BCUT2D eigenvalue weighted by Crippen LogP contribution is -2.35. The van der Waals surface area contributed by atoms with Crippen molar-refractivity contribution in [1.82, 2.24) is 20.3 Å². The van der Waals surface area contributed by atoms with E-state index in [1.165, 1.54) is 10.9 Å². The molecule has 1 atom stereocenters. The van der Waals surface area contributed by atoms with Gasteiger partial charge in [0, 0.05) is 12.7 Å². The van der Waals surface area contributed by atoms with Crippen LogP contribution in [0.1, 0.15) is 12.8 Å². The lowest BCUT2D eigenvalue weighted by Gasteiger charge is -2.10. The molecule has 1 saturated carbocycles. The van der Waals surface area contributed by atoms with Gasteiger partial charge in [0.1, 0.15) is 6.54 Å². The maximum Gasteiger partial charge on any atom is 0.241 e. The first-order valence-electron chi connectivity index (χ1n) is 5.04. The number of aromatic nitrogens is 3. The zero-order valence-electron chi connectivity index (χ0n) is 8.33. The van der Waals surface area contributed by atoms with Crippen LogP contribution in [0.2, 0.25) is 0 Å². The van der Waals surface area contributed by atoms with Gasteiger partial charge in [-0.05, 0) is 18.8 Å². The van der Waals surface area contributed by atoms with Crippen molar-refractivity contribution >= 4 is 5.91 Å². The van der Waals surface area contributed by atoms with E-state index in [1.807, 2.05) is 0 Å². The number of rotatable bonds is 5. The Morgan fingerprint density at radius 1 is 1.67 bits per heavy atom. The average Bonchev–Trinajstić information content (AvgIpc) is 2.95. The average molecular weight is 210 g/mol. The third-order valence-electron chi connectivity index (χ3n) is 2.45. The standard InChI is InChI=1S/C9H14N4O2/c14-8(7-1-2-7)5-10-9(15)6-13-4-3-11-12-13/h3-4,7-8,14H,1-2,5-6H2,(H,10,15). The Morgan fingerprint density at radius 3 is 3.07 bits per heavy atom. The Hall–Kier alpha value is -1.43. The molecule has 1 aliphatic carbocycles. The fourth-order valence-corrected chi connectivity index (χ4v) is 1.39. The largest absolute Gasteiger partial charge is 0.391 e. The van der Waals surface area contributed by atoms with Gasteiger partial charge in [0.05, 0.1) is 12.3 Å². The molecule has 1 aromatic rings. The van der Waals surface area contributed by atoms with Gasteiger partial charge >= 0.3 is 0 Å². The highest BCUT2D eigenvalue weighted by Crippen LogP contribution is 2.32. The first-order valence-corrected chi connectivity index (χ1v) is 5.04. The van der Waals surface area contributed by atoms with E-state index < -0.39 is 6.10 Å². The molecular formula is C9H14N4O2. The Bertz CT molecular complexity index is 321. The predicted octanol–water partition coefficient (Wildman–Crippen LogP) is -0.835. The van der Waals surface area contributed by atoms with Crippen LogP contribution in [0.3, 0.4) is 0 Å². The summed E-state index contributed by atoms with van der Waals surface area (Å²) < 4.78 is 1.44. The van der Waals surface area contributed by atoms with E-state index >= 15 is 0 Å². The fourth-order valence-electron chi connectivity index (χ4n) is 1.39. The molecule has 2 rings (SSSR count). The highest BCUT2D eigenvalue weighted by Gasteiger charge is 2.29. The Morgan fingerprint density at radius 2 is 2.47 bits per heavy atom. The van der Waals surface area contributed by atoms with Crippen LogP contribution in [0.25, 0.3) is 0 Å². The molecule has 6 nitrogen and oxygen atoms in total. The number of carbonyl (C=O) groups excluding carboxylic acids is 1. The van der Waals surface area contributed by atoms with Crippen LogP contribution in [0, 0.1) is 5.92 Å². The van der Waals surface area contributed by atoms with Crippen molar-refractivity contribution in [3.05, 3.63) is 12.4 Å². The molecule has 1 unspecified atom stereocenters. The molecule has 2 N–H and O–H groups in total. The summed E-state index contributed by atoms with van der Waals surface area (Å²) in [7, 11) is 0. The molecule has 82 valence electrons. The highest BCUT2D eigenvalue weighted by molar-refractivity contribution is 5.75. The van der Waals surface area contributed by atoms with Crippen LogP contribution in [-0.2, 0) is 11.3 Å². The van der Waals surface area contributed by atoms with Crippen molar-refractivity contribution in [1.29, 1.82) is 0 Å². The van der Waals surface area contributed by atoms with Gasteiger partial charge in [-0.1, -0.05) is 5.21 Å². The van der Waals surface area contributed by atoms with Crippen molar-refractivity contribution in [2.45, 2.75) is 25.5 Å². The van der Waals surface area contributed by atoms with Gasteiger partial charge in [0.15, 0.2) is 0 Å². The summed E-state index contributed by atoms with van der Waals surface area (Å²) in [6, 6.07) is 0. The van der Waals surface area contributed by atoms with Gasteiger partial charge in [0.2, 0.25) is 5.91 Å². The zero-order chi connectivity index (χ0) is 10.7. The van der Waals surface area contributed by atoms with Crippen LogP contribution >= 0.6 is 0 Å². The van der Waals surface area contributed by atoms with Crippen LogP contribution in [0.15, 0.2) is 12.4 Å². The predicted molar refractivity (Wildman–Crippen MR) is 51.8 cm³/mol. The van der Waals surface area contributed by atoms with Gasteiger partial charge in [-0.15, -0.1) is 5.10 Å². The third-order valence-corrected chi connectivity index (χ3v) is 2.45. The Kier molecular flexibility index (Phi) is 2.96. The molecule has 0 aromatic carbocycles. The molecule has 0 saturated heterocycles. The van der Waals surface area contributed by atoms with E-state index in [9.17, 15) is 9.90 Å². The van der Waals surface area contributed by atoms with Gasteiger partial charge in [-0.25, -0.2) is 4.68 Å². The number of nitrogens with zero attached hydrogens (tertiary/aromatic N) is 3. The van der Waals surface area contributed by atoms with Crippen LogP contribution in [0.5, 0.6) is 0 Å². The number of aliphatic hydroxyl groups excluding tert-OH is 1. The molecule has 15 heavy (non-hydrogen) atoms. The van der Waals surface area contributed by atoms with Crippen molar-refractivity contribution in [2.75, 3.05) is 6.54 Å². The number of aliphatic hydroxyl groups is 1. The van der Waals surface area contributed by atoms with E-state index in [4.69, 9.17) is 0 Å². The topological polar surface area (TPSA) is 80.0 Å². The van der Waals surface area contributed by atoms with Crippen molar-refractivity contribution in [2.24, 2.45) is 5.92 Å². The van der Waals surface area contributed by atoms with Gasteiger partial charge in [0.25, 0.3) is 0 Å². The normalized spacial score (nSPS) is 17.4. The molecule has 1 amide bonds. The van der Waals surface area contributed by atoms with Gasteiger partial charge in [-0.3, -0.25) is 4.79 Å². The second-order valence-electron chi connectivity index (χ2n) is 3.81. The fraction of sp³-hybridized carbons (Fsp3) is 0.667. The zero-order valence-corrected chi connectivity index (χ0v) is 8.33. The monoisotopic (exact) mass is 210 g/mol. The van der Waals surface area contributed by atoms with Crippen LogP contribution in [0.4, 0.5) is 0 Å². The van der Waals surface area contributed by atoms with E-state index in [0.29, 0.717) is 12.5 Å². The summed E-state index contributed by atoms with van der Waals surface area (Å²) >= 11 is 0. The second kappa shape index (κ2) is 4.39. The Labute approximate surface area is 87.3 Å². The van der Waals surface area contributed by atoms with E-state index in [1.54, 1.807) is 6.20 Å². The third kappa shape index (κ3) is 3.02. The van der Waals surface area contributed by atoms with Gasteiger partial charge in [-0.2, -0.15) is 0 Å². The number of nitrogens with one attached hydrogen (secondary N) is 1. The number of amides is 1. The molecule has 0 spiro atoms. The number of hydrogen-bond acceptors (Lipinski definition) is 4. The van der Waals surface area contributed by atoms with E-state index in [0.717, 1.165) is 12.8 Å². The van der Waals surface area contributed by atoms with Crippen molar-refractivity contribution < 1.29 is 9.90 Å². The second-order valence-corrected chi connectivity index (χ2v) is 3.81. The van der Waals surface area contributed by atoms with Crippen LogP contribution in [-0.4, -0.2) is 38.7 Å². The minimum atomic E-state index is -0.398. The summed E-state index contributed by atoms with van der Waals surface area (Å²) in [5.74, 6) is 0.233. The summed E-state index contributed by atoms with van der Waals surface area (Å²) in [6.45, 7) is 0.482. The molecule has 0 radical (unpaired) electrons. The number of hydrogen-bond donors (Lipinski definition) is 2. The summed E-state index contributed by atoms with van der Waals surface area (Å²) in [5, 5.41) is 19.4. The minimum absolute atomic E-state index is 0.150. The van der Waals surface area contributed by atoms with Crippen molar-refractivity contribution in [3.63, 3.8) is 0 Å². The molecule has 0 aliphatic heterocycles. The maximum absolute atomic E-state index is 11.3. The lowest BCUT2D eigenvalue weighted by atomic mass is 10.2. The lowest BCUT2D eigenvalue weighted by molar-refractivity contribution is -0.122. The summed E-state index contributed by atoms with van der Waals surface area (Å²) in [6.07, 6.45) is 4.88. The molecular weight excluding hydrogens is 196 g/mol. The molecule has 1 heterocycles. The Balaban J connectivity index is 1.68. The smallest absolute Gasteiger partial charge is 0.241 e. The van der Waals surface area contributed by atoms with Gasteiger partial charge < -0.3 is 10.4 Å². The maximum atomic E-state index is 11.3. The van der Waals surface area contributed by atoms with E-state index in [2.05, 4.69) is 15.6 Å². The SMILES string of the molecule is O=C(Cn1ccnn1)NCC(O)C1CC1. The first-order chi connectivity index (χ1) is 7.25. The number of carbonyl (C=O) groups is 1. The molecule has 1 fully saturated rings. The molecule has 6 heteroatoms. The molecule has 1 aliphatic rings. The minimum Gasteiger partial charge on any atom is -0.391 e. The summed E-state index contributed by atoms with van der Waals surface area (Å²) in [5.41, 5.74) is 0. The van der Waals surface area contributed by atoms with Crippen LogP contribution < -0.4 is 5.32 Å². The molecule has 1 aromatic heterocycles. The summed E-state index contributed by atoms with van der Waals surface area (Å²) in [4.78, 5) is 11.3. The van der Waals surface area contributed by atoms with E-state index in [-0.39, 0.29) is 12.5 Å². The highest BCUT2D eigenvalue weighted by atomic mass is 16.3.